The van der Waals surface area contributed by atoms with Gasteiger partial charge in [-0.25, -0.2) is 8.78 Å². The Balaban J connectivity index is 1.85. The molecule has 0 aliphatic carbocycles. The standard InChI is InChI=1S/C17H12F2N2O2/c18-13-4-1-5-14(19)12(13)9-21-17(23)11-7-6-10-3-2-8-20-15(10)16(11)22/h1-8,22H,9H2,(H,21,23). The van der Waals surface area contributed by atoms with Gasteiger partial charge in [-0.3, -0.25) is 9.78 Å². The summed E-state index contributed by atoms with van der Waals surface area (Å²) in [4.78, 5) is 16.2. The first-order valence-corrected chi connectivity index (χ1v) is 6.85. The summed E-state index contributed by atoms with van der Waals surface area (Å²) in [6.45, 7) is -0.322. The van der Waals surface area contributed by atoms with Crippen molar-refractivity contribution in [2.75, 3.05) is 0 Å². The van der Waals surface area contributed by atoms with Gasteiger partial charge in [-0.2, -0.15) is 0 Å². The minimum absolute atomic E-state index is 0.00653. The molecule has 0 aliphatic heterocycles. The van der Waals surface area contributed by atoms with Gasteiger partial charge in [0, 0.05) is 23.7 Å². The van der Waals surface area contributed by atoms with Crippen molar-refractivity contribution in [1.82, 2.24) is 10.3 Å². The fourth-order valence-corrected chi connectivity index (χ4v) is 2.28. The predicted molar refractivity (Wildman–Crippen MR) is 80.9 cm³/mol. The molecule has 1 aromatic heterocycles. The molecule has 6 heteroatoms. The molecule has 0 radical (unpaired) electrons. The van der Waals surface area contributed by atoms with E-state index in [4.69, 9.17) is 0 Å². The van der Waals surface area contributed by atoms with Gasteiger partial charge >= 0.3 is 0 Å². The van der Waals surface area contributed by atoms with E-state index in [0.29, 0.717) is 5.39 Å². The fraction of sp³-hybridized carbons (Fsp3) is 0.0588. The van der Waals surface area contributed by atoms with Crippen molar-refractivity contribution in [2.45, 2.75) is 6.54 Å². The lowest BCUT2D eigenvalue weighted by Gasteiger charge is -2.09. The number of carbonyl (C=O) groups excluding carboxylic acids is 1. The average Bonchev–Trinajstić information content (AvgIpc) is 2.55. The number of nitrogens with zero attached hydrogens (tertiary/aromatic N) is 1. The summed E-state index contributed by atoms with van der Waals surface area (Å²) in [6.07, 6.45) is 1.50. The molecule has 0 atom stereocenters. The van der Waals surface area contributed by atoms with E-state index >= 15 is 0 Å². The zero-order chi connectivity index (χ0) is 16.4. The minimum atomic E-state index is -0.741. The molecular formula is C17H12F2N2O2. The molecule has 2 N–H and O–H groups in total. The van der Waals surface area contributed by atoms with Crippen LogP contribution in [0.4, 0.5) is 8.78 Å². The van der Waals surface area contributed by atoms with E-state index in [2.05, 4.69) is 10.3 Å². The average molecular weight is 314 g/mol. The van der Waals surface area contributed by atoms with Gasteiger partial charge in [-0.05, 0) is 24.3 Å². The topological polar surface area (TPSA) is 62.2 Å². The molecule has 2 aromatic carbocycles. The summed E-state index contributed by atoms with van der Waals surface area (Å²) in [5, 5.41) is 13.2. The summed E-state index contributed by atoms with van der Waals surface area (Å²) >= 11 is 0. The smallest absolute Gasteiger partial charge is 0.255 e. The van der Waals surface area contributed by atoms with Crippen LogP contribution in [-0.4, -0.2) is 16.0 Å². The number of fused-ring (bicyclic) bond motifs is 1. The summed E-state index contributed by atoms with van der Waals surface area (Å²) < 4.78 is 27.1. The van der Waals surface area contributed by atoms with Gasteiger partial charge < -0.3 is 10.4 Å². The number of nitrogens with one attached hydrogen (secondary N) is 1. The highest BCUT2D eigenvalue weighted by Gasteiger charge is 2.16. The van der Waals surface area contributed by atoms with Crippen LogP contribution in [0.15, 0.2) is 48.7 Å². The second-order valence-electron chi connectivity index (χ2n) is 4.92. The Morgan fingerprint density at radius 2 is 1.83 bits per heavy atom. The van der Waals surface area contributed by atoms with E-state index in [1.54, 1.807) is 18.2 Å². The van der Waals surface area contributed by atoms with Crippen molar-refractivity contribution in [3.8, 4) is 5.75 Å². The molecule has 116 valence electrons. The van der Waals surface area contributed by atoms with E-state index in [1.165, 1.54) is 18.3 Å². The number of aromatic nitrogens is 1. The van der Waals surface area contributed by atoms with Crippen molar-refractivity contribution in [1.29, 1.82) is 0 Å². The molecule has 23 heavy (non-hydrogen) atoms. The number of pyridine rings is 1. The van der Waals surface area contributed by atoms with Gasteiger partial charge in [-0.15, -0.1) is 0 Å². The van der Waals surface area contributed by atoms with Crippen LogP contribution in [0.3, 0.4) is 0 Å². The number of amides is 1. The summed E-state index contributed by atoms with van der Waals surface area (Å²) in [7, 11) is 0. The molecule has 4 nitrogen and oxygen atoms in total. The van der Waals surface area contributed by atoms with E-state index in [9.17, 15) is 18.7 Å². The third kappa shape index (κ3) is 2.83. The molecule has 0 saturated heterocycles. The van der Waals surface area contributed by atoms with Crippen LogP contribution in [-0.2, 0) is 6.54 Å². The number of aromatic hydroxyl groups is 1. The lowest BCUT2D eigenvalue weighted by atomic mass is 10.1. The van der Waals surface area contributed by atoms with Gasteiger partial charge in [-0.1, -0.05) is 18.2 Å². The predicted octanol–water partition coefficient (Wildman–Crippen LogP) is 3.15. The van der Waals surface area contributed by atoms with Gasteiger partial charge in [0.1, 0.15) is 17.2 Å². The number of hydrogen-bond acceptors (Lipinski definition) is 3. The maximum absolute atomic E-state index is 13.5. The Kier molecular flexibility index (Phi) is 3.89. The Bertz CT molecular complexity index is 877. The molecule has 1 heterocycles. The second-order valence-corrected chi connectivity index (χ2v) is 4.92. The van der Waals surface area contributed by atoms with Crippen molar-refractivity contribution in [3.05, 3.63) is 71.4 Å². The molecule has 0 spiro atoms. The zero-order valence-corrected chi connectivity index (χ0v) is 11.9. The first-order chi connectivity index (χ1) is 11.1. The van der Waals surface area contributed by atoms with Crippen LogP contribution < -0.4 is 5.32 Å². The first kappa shape index (κ1) is 14.9. The number of carbonyl (C=O) groups is 1. The van der Waals surface area contributed by atoms with E-state index < -0.39 is 17.5 Å². The SMILES string of the molecule is O=C(NCc1c(F)cccc1F)c1ccc2cccnc2c1O. The largest absolute Gasteiger partial charge is 0.505 e. The quantitative estimate of drug-likeness (QED) is 0.780. The molecule has 0 fully saturated rings. The van der Waals surface area contributed by atoms with E-state index in [-0.39, 0.29) is 28.9 Å². The van der Waals surface area contributed by atoms with Gasteiger partial charge in [0.05, 0.1) is 5.56 Å². The first-order valence-electron chi connectivity index (χ1n) is 6.85. The van der Waals surface area contributed by atoms with Gasteiger partial charge in [0.25, 0.3) is 5.91 Å². The highest BCUT2D eigenvalue weighted by Crippen LogP contribution is 2.26. The Morgan fingerprint density at radius 3 is 2.57 bits per heavy atom. The maximum atomic E-state index is 13.5. The van der Waals surface area contributed by atoms with Gasteiger partial charge in [0.15, 0.2) is 5.75 Å². The molecule has 3 aromatic rings. The third-order valence-electron chi connectivity index (χ3n) is 3.48. The lowest BCUT2D eigenvalue weighted by molar-refractivity contribution is 0.0948. The van der Waals surface area contributed by atoms with Crippen molar-refractivity contribution < 1.29 is 18.7 Å². The minimum Gasteiger partial charge on any atom is -0.505 e. The summed E-state index contributed by atoms with van der Waals surface area (Å²) in [5.74, 6) is -2.39. The lowest BCUT2D eigenvalue weighted by Crippen LogP contribution is -2.24. The van der Waals surface area contributed by atoms with Crippen LogP contribution in [0.1, 0.15) is 15.9 Å². The number of rotatable bonds is 3. The molecular weight excluding hydrogens is 302 g/mol. The molecule has 0 aliphatic rings. The molecule has 0 bridgehead atoms. The number of phenolic OH excluding ortho intramolecular Hbond substituents is 1. The number of benzene rings is 2. The molecule has 0 saturated carbocycles. The Labute approximate surface area is 130 Å². The van der Waals surface area contributed by atoms with Gasteiger partial charge in [0.2, 0.25) is 0 Å². The Hall–Kier alpha value is -3.02. The number of phenols is 1. The second kappa shape index (κ2) is 6.00. The zero-order valence-electron chi connectivity index (χ0n) is 11.9. The van der Waals surface area contributed by atoms with Crippen LogP contribution >= 0.6 is 0 Å². The van der Waals surface area contributed by atoms with E-state index in [0.717, 1.165) is 12.1 Å². The Morgan fingerprint density at radius 1 is 1.09 bits per heavy atom. The molecule has 0 unspecified atom stereocenters. The molecule has 1 amide bonds. The van der Waals surface area contributed by atoms with Crippen molar-refractivity contribution in [2.24, 2.45) is 0 Å². The van der Waals surface area contributed by atoms with Crippen LogP contribution in [0.2, 0.25) is 0 Å². The van der Waals surface area contributed by atoms with Crippen LogP contribution in [0.5, 0.6) is 5.75 Å². The maximum Gasteiger partial charge on any atom is 0.255 e. The number of halogens is 2. The summed E-state index contributed by atoms with van der Waals surface area (Å²) in [6, 6.07) is 10.0. The number of hydrogen-bond donors (Lipinski definition) is 2. The van der Waals surface area contributed by atoms with Crippen LogP contribution in [0.25, 0.3) is 10.9 Å². The monoisotopic (exact) mass is 314 g/mol. The normalized spacial score (nSPS) is 10.7. The molecule has 3 rings (SSSR count). The van der Waals surface area contributed by atoms with Crippen molar-refractivity contribution in [3.63, 3.8) is 0 Å². The van der Waals surface area contributed by atoms with E-state index in [1.807, 2.05) is 0 Å². The fourth-order valence-electron chi connectivity index (χ4n) is 2.28. The van der Waals surface area contributed by atoms with Crippen LogP contribution in [0, 0.1) is 11.6 Å². The highest BCUT2D eigenvalue weighted by atomic mass is 19.1. The van der Waals surface area contributed by atoms with Crippen molar-refractivity contribution >= 4 is 16.8 Å². The highest BCUT2D eigenvalue weighted by molar-refractivity contribution is 6.02. The summed E-state index contributed by atoms with van der Waals surface area (Å²) in [5.41, 5.74) is 0.0458. The third-order valence-corrected chi connectivity index (χ3v) is 3.48.